The molecule has 4 N–H and O–H groups in total. The first-order chi connectivity index (χ1) is 27.8. The molecule has 0 bridgehead atoms. The van der Waals surface area contributed by atoms with Gasteiger partial charge in [-0.25, -0.2) is 4.79 Å². The summed E-state index contributed by atoms with van der Waals surface area (Å²) in [7, 11) is 0. The second-order valence-corrected chi connectivity index (χ2v) is 16.2. The molecule has 9 nitrogen and oxygen atoms in total. The van der Waals surface area contributed by atoms with Gasteiger partial charge in [0.1, 0.15) is 12.1 Å². The molecule has 2 amide bonds. The number of rotatable bonds is 43. The van der Waals surface area contributed by atoms with E-state index in [1.807, 2.05) is 0 Å². The molecule has 0 fully saturated rings. The number of esters is 1. The maximum Gasteiger partial charge on any atom is 0.328 e. The average Bonchev–Trinajstić information content (AvgIpc) is 3.20. The van der Waals surface area contributed by atoms with Crippen molar-refractivity contribution in [2.24, 2.45) is 0 Å². The third-order valence-corrected chi connectivity index (χ3v) is 10.7. The number of nitrogens with one attached hydrogen (secondary N) is 2. The minimum absolute atomic E-state index is 0.0174. The molecule has 0 aliphatic heterocycles. The predicted octanol–water partition coefficient (Wildman–Crippen LogP) is 12.0. The minimum Gasteiger partial charge on any atom is -0.480 e. The first-order valence-corrected chi connectivity index (χ1v) is 23.7. The average molecular weight is 805 g/mol. The van der Waals surface area contributed by atoms with E-state index in [0.717, 1.165) is 77.0 Å². The number of unbranched alkanes of at least 4 members (excludes halogenated alkanes) is 25. The van der Waals surface area contributed by atoms with Crippen LogP contribution in [0.25, 0.3) is 0 Å². The Morgan fingerprint density at radius 3 is 1.46 bits per heavy atom. The number of aliphatic hydroxyl groups is 1. The number of hydrogen-bond acceptors (Lipinski definition) is 6. The first kappa shape index (κ1) is 54.3. The zero-order chi connectivity index (χ0) is 41.9. The molecule has 0 aliphatic carbocycles. The molecule has 0 aliphatic rings. The monoisotopic (exact) mass is 805 g/mol. The molecule has 57 heavy (non-hydrogen) atoms. The Hall–Kier alpha value is -2.68. The van der Waals surface area contributed by atoms with Gasteiger partial charge in [-0.2, -0.15) is 0 Å². The van der Waals surface area contributed by atoms with Gasteiger partial charge >= 0.3 is 11.9 Å². The third-order valence-electron chi connectivity index (χ3n) is 10.7. The zero-order valence-electron chi connectivity index (χ0n) is 36.9. The fraction of sp³-hybridized carbons (Fsp3) is 0.833. The first-order valence-electron chi connectivity index (χ1n) is 23.7. The largest absolute Gasteiger partial charge is 0.480 e. The van der Waals surface area contributed by atoms with Gasteiger partial charge in [0.05, 0.1) is 13.2 Å². The van der Waals surface area contributed by atoms with Crippen LogP contribution in [0.1, 0.15) is 232 Å². The lowest BCUT2D eigenvalue weighted by molar-refractivity contribution is -0.150. The number of carboxylic acid groups (broad SMARTS) is 1. The second-order valence-electron chi connectivity index (χ2n) is 16.2. The van der Waals surface area contributed by atoms with E-state index in [1.54, 1.807) is 0 Å². The summed E-state index contributed by atoms with van der Waals surface area (Å²) in [4.78, 5) is 47.7. The Morgan fingerprint density at radius 1 is 0.526 bits per heavy atom. The van der Waals surface area contributed by atoms with E-state index in [1.165, 1.54) is 122 Å². The number of aliphatic hydroxyl groups excluding tert-OH is 1. The van der Waals surface area contributed by atoms with E-state index >= 15 is 0 Å². The second kappa shape index (κ2) is 42.9. The predicted molar refractivity (Wildman–Crippen MR) is 236 cm³/mol. The lowest BCUT2D eigenvalue weighted by Gasteiger charge is -2.18. The van der Waals surface area contributed by atoms with Crippen molar-refractivity contribution in [3.8, 4) is 0 Å². The fourth-order valence-corrected chi connectivity index (χ4v) is 7.03. The highest BCUT2D eigenvalue weighted by atomic mass is 16.5. The van der Waals surface area contributed by atoms with Crippen LogP contribution in [0.5, 0.6) is 0 Å². The number of hydrogen-bond donors (Lipinski definition) is 4. The highest BCUT2D eigenvalue weighted by Gasteiger charge is 2.19. The van der Waals surface area contributed by atoms with Gasteiger partial charge in [0, 0.05) is 12.8 Å². The van der Waals surface area contributed by atoms with E-state index in [9.17, 15) is 19.2 Å². The highest BCUT2D eigenvalue weighted by molar-refractivity contribution is 5.87. The van der Waals surface area contributed by atoms with Gasteiger partial charge in [-0.1, -0.05) is 179 Å². The van der Waals surface area contributed by atoms with Crippen LogP contribution in [0.2, 0.25) is 0 Å². The van der Waals surface area contributed by atoms with Crippen LogP contribution in [0.3, 0.4) is 0 Å². The molecule has 0 heterocycles. The number of allylic oxidation sites excluding steroid dienone is 4. The van der Waals surface area contributed by atoms with Crippen LogP contribution in [-0.2, 0) is 23.9 Å². The summed E-state index contributed by atoms with van der Waals surface area (Å²) in [5.74, 6) is -2.29. The molecule has 9 heteroatoms. The van der Waals surface area contributed by atoms with Crippen molar-refractivity contribution in [2.75, 3.05) is 13.2 Å². The quantitative estimate of drug-likeness (QED) is 0.0273. The smallest absolute Gasteiger partial charge is 0.328 e. The van der Waals surface area contributed by atoms with Crippen molar-refractivity contribution in [1.29, 1.82) is 0 Å². The summed E-state index contributed by atoms with van der Waals surface area (Å²) in [6.45, 7) is 3.46. The van der Waals surface area contributed by atoms with Gasteiger partial charge in [-0.15, -0.1) is 0 Å². The van der Waals surface area contributed by atoms with E-state index < -0.39 is 24.5 Å². The summed E-state index contributed by atoms with van der Waals surface area (Å²) in [5, 5.41) is 22.6. The maximum absolute atomic E-state index is 12.8. The van der Waals surface area contributed by atoms with Crippen molar-refractivity contribution in [1.82, 2.24) is 10.6 Å². The Labute approximate surface area is 349 Å². The third kappa shape index (κ3) is 39.9. The molecule has 0 saturated carbocycles. The van der Waals surface area contributed by atoms with Gasteiger partial charge in [0.25, 0.3) is 0 Å². The van der Waals surface area contributed by atoms with Gasteiger partial charge < -0.3 is 25.6 Å². The SMILES string of the molecule is CCCC/C=C\C/C=C\CCCCCCCC(=O)OC(CCCCCCCCCCCCCCCCC)CCCCCCCC(=O)NCC(=O)NC(CO)C(=O)O. The van der Waals surface area contributed by atoms with Crippen LogP contribution in [0, 0.1) is 0 Å². The van der Waals surface area contributed by atoms with Gasteiger partial charge in [-0.3, -0.25) is 14.4 Å². The summed E-state index contributed by atoms with van der Waals surface area (Å²) < 4.78 is 6.05. The number of amides is 2. The lowest BCUT2D eigenvalue weighted by Crippen LogP contribution is -2.47. The van der Waals surface area contributed by atoms with Crippen LogP contribution in [0.15, 0.2) is 24.3 Å². The molecule has 332 valence electrons. The minimum atomic E-state index is -1.38. The summed E-state index contributed by atoms with van der Waals surface area (Å²) in [6, 6.07) is -1.38. The van der Waals surface area contributed by atoms with E-state index in [4.69, 9.17) is 14.9 Å². The summed E-state index contributed by atoms with van der Waals surface area (Å²) in [5.41, 5.74) is 0. The van der Waals surface area contributed by atoms with Crippen LogP contribution in [-0.4, -0.2) is 59.3 Å². The van der Waals surface area contributed by atoms with Crippen LogP contribution >= 0.6 is 0 Å². The topological polar surface area (TPSA) is 142 Å². The molecular weight excluding hydrogens is 717 g/mol. The van der Waals surface area contributed by atoms with Crippen molar-refractivity contribution in [3.05, 3.63) is 24.3 Å². The molecule has 0 spiro atoms. The molecule has 2 unspecified atom stereocenters. The highest BCUT2D eigenvalue weighted by Crippen LogP contribution is 2.19. The molecule has 0 aromatic carbocycles. The number of carbonyl (C=O) groups is 4. The fourth-order valence-electron chi connectivity index (χ4n) is 7.03. The van der Waals surface area contributed by atoms with Crippen molar-refractivity contribution < 1.29 is 34.1 Å². The number of aliphatic carboxylic acids is 1. The molecular formula is C48H88N2O7. The van der Waals surface area contributed by atoms with E-state index in [0.29, 0.717) is 19.3 Å². The molecule has 0 radical (unpaired) electrons. The molecule has 0 aromatic heterocycles. The standard InChI is InChI=1S/C48H88N2O7/c1-3-5-7-9-11-13-15-17-19-20-22-24-26-29-33-37-43(57-47(54)40-36-32-27-25-23-21-18-16-14-12-10-8-6-4-2)38-34-30-28-31-35-39-45(52)49-41-46(53)50-44(42-51)48(55)56/h10,12,16,18,43-44,51H,3-9,11,13-15,17,19-42H2,1-2H3,(H,49,52)(H,50,53)(H,55,56)/b12-10-,18-16-. The summed E-state index contributed by atoms with van der Waals surface area (Å²) in [6.07, 6.45) is 47.7. The molecule has 2 atom stereocenters. The number of carbonyl (C=O) groups excluding carboxylic acids is 3. The lowest BCUT2D eigenvalue weighted by atomic mass is 10.0. The van der Waals surface area contributed by atoms with E-state index in [-0.39, 0.29) is 24.5 Å². The zero-order valence-corrected chi connectivity index (χ0v) is 36.9. The van der Waals surface area contributed by atoms with Crippen molar-refractivity contribution in [2.45, 2.75) is 244 Å². The normalized spacial score (nSPS) is 12.6. The Balaban J connectivity index is 4.33. The van der Waals surface area contributed by atoms with Gasteiger partial charge in [0.2, 0.25) is 11.8 Å². The summed E-state index contributed by atoms with van der Waals surface area (Å²) >= 11 is 0. The van der Waals surface area contributed by atoms with Crippen LogP contribution in [0.4, 0.5) is 0 Å². The molecule has 0 aromatic rings. The Bertz CT molecular complexity index is 1010. The maximum atomic E-state index is 12.8. The van der Waals surface area contributed by atoms with Crippen LogP contribution < -0.4 is 10.6 Å². The Morgan fingerprint density at radius 2 is 0.965 bits per heavy atom. The van der Waals surface area contributed by atoms with E-state index in [2.05, 4.69) is 48.8 Å². The van der Waals surface area contributed by atoms with Gasteiger partial charge in [0.15, 0.2) is 0 Å². The molecule has 0 rings (SSSR count). The number of carboxylic acids is 1. The van der Waals surface area contributed by atoms with Crippen molar-refractivity contribution >= 4 is 23.8 Å². The van der Waals surface area contributed by atoms with Gasteiger partial charge in [-0.05, 0) is 64.2 Å². The number of ether oxygens (including phenoxy) is 1. The Kier molecular flexibility index (Phi) is 40.9. The molecule has 0 saturated heterocycles. The van der Waals surface area contributed by atoms with Crippen molar-refractivity contribution in [3.63, 3.8) is 0 Å².